The van der Waals surface area contributed by atoms with Crippen LogP contribution in [0.2, 0.25) is 0 Å². The molecule has 0 amide bonds. The molecule has 2 heteroatoms. The lowest BCUT2D eigenvalue weighted by molar-refractivity contribution is 0.232. The van der Waals surface area contributed by atoms with Gasteiger partial charge in [0, 0.05) is 18.6 Å². The molecule has 1 N–H and O–H groups in total. The first-order valence-electron chi connectivity index (χ1n) is 8.35. The van der Waals surface area contributed by atoms with Crippen molar-refractivity contribution in [1.82, 2.24) is 10.2 Å². The van der Waals surface area contributed by atoms with Crippen LogP contribution in [0.5, 0.6) is 0 Å². The monoisotopic (exact) mass is 272 g/mol. The molecule has 3 rings (SSSR count). The molecule has 2 atom stereocenters. The summed E-state index contributed by atoms with van der Waals surface area (Å²) in [5.41, 5.74) is 1.49. The van der Waals surface area contributed by atoms with Crippen molar-refractivity contribution in [3.8, 4) is 0 Å². The highest BCUT2D eigenvalue weighted by Gasteiger charge is 2.31. The second-order valence-electron chi connectivity index (χ2n) is 6.62. The van der Waals surface area contributed by atoms with Crippen molar-refractivity contribution < 1.29 is 0 Å². The van der Waals surface area contributed by atoms with Crippen molar-refractivity contribution in [2.45, 2.75) is 57.0 Å². The van der Waals surface area contributed by atoms with E-state index in [2.05, 4.69) is 47.5 Å². The highest BCUT2D eigenvalue weighted by molar-refractivity contribution is 5.18. The SMILES string of the molecule is CC(CCN(CC1CCCN1)C1CC1)c1ccccc1. The first-order chi connectivity index (χ1) is 9.83. The zero-order valence-electron chi connectivity index (χ0n) is 12.7. The normalized spacial score (nSPS) is 24.2. The van der Waals surface area contributed by atoms with Crippen LogP contribution in [-0.2, 0) is 0 Å². The summed E-state index contributed by atoms with van der Waals surface area (Å²) in [6.45, 7) is 6.13. The van der Waals surface area contributed by atoms with E-state index >= 15 is 0 Å². The van der Waals surface area contributed by atoms with Gasteiger partial charge in [0.05, 0.1) is 0 Å². The van der Waals surface area contributed by atoms with Crippen molar-refractivity contribution in [3.05, 3.63) is 35.9 Å². The predicted molar refractivity (Wildman–Crippen MR) is 85.1 cm³/mol. The van der Waals surface area contributed by atoms with Gasteiger partial charge in [0.2, 0.25) is 0 Å². The average molecular weight is 272 g/mol. The van der Waals surface area contributed by atoms with E-state index in [1.165, 1.54) is 57.3 Å². The fourth-order valence-corrected chi connectivity index (χ4v) is 3.37. The minimum atomic E-state index is 0.675. The number of nitrogens with one attached hydrogen (secondary N) is 1. The highest BCUT2D eigenvalue weighted by atomic mass is 15.2. The van der Waals surface area contributed by atoms with E-state index in [1.54, 1.807) is 0 Å². The third-order valence-corrected chi connectivity index (χ3v) is 4.90. The molecule has 2 aliphatic rings. The first-order valence-corrected chi connectivity index (χ1v) is 8.35. The van der Waals surface area contributed by atoms with Gasteiger partial charge in [0.25, 0.3) is 0 Å². The van der Waals surface area contributed by atoms with Crippen LogP contribution in [0.15, 0.2) is 30.3 Å². The lowest BCUT2D eigenvalue weighted by Crippen LogP contribution is -2.39. The van der Waals surface area contributed by atoms with Crippen LogP contribution < -0.4 is 5.32 Å². The molecule has 0 spiro atoms. The Balaban J connectivity index is 1.49. The summed E-state index contributed by atoms with van der Waals surface area (Å²) in [6.07, 6.45) is 6.87. The zero-order chi connectivity index (χ0) is 13.8. The van der Waals surface area contributed by atoms with Gasteiger partial charge in [-0.25, -0.2) is 0 Å². The molecule has 1 aliphatic carbocycles. The molecule has 2 nitrogen and oxygen atoms in total. The Kier molecular flexibility index (Phi) is 4.74. The standard InChI is InChI=1S/C18H28N2/c1-15(16-6-3-2-4-7-16)11-13-20(18-9-10-18)14-17-8-5-12-19-17/h2-4,6-7,15,17-19H,5,8-14H2,1H3. The number of rotatable bonds is 7. The molecule has 1 aromatic rings. The average Bonchev–Trinajstić information content (AvgIpc) is 3.21. The van der Waals surface area contributed by atoms with E-state index in [0.29, 0.717) is 5.92 Å². The van der Waals surface area contributed by atoms with Crippen molar-refractivity contribution in [3.63, 3.8) is 0 Å². The maximum atomic E-state index is 3.65. The van der Waals surface area contributed by atoms with Gasteiger partial charge in [-0.05, 0) is 56.7 Å². The topological polar surface area (TPSA) is 15.3 Å². The van der Waals surface area contributed by atoms with Crippen LogP contribution in [-0.4, -0.2) is 36.6 Å². The van der Waals surface area contributed by atoms with Gasteiger partial charge in [-0.1, -0.05) is 37.3 Å². The fourth-order valence-electron chi connectivity index (χ4n) is 3.37. The minimum absolute atomic E-state index is 0.675. The molecule has 2 fully saturated rings. The Hall–Kier alpha value is -0.860. The highest BCUT2D eigenvalue weighted by Crippen LogP contribution is 2.29. The van der Waals surface area contributed by atoms with Gasteiger partial charge in [0.1, 0.15) is 0 Å². The Bertz CT molecular complexity index is 393. The van der Waals surface area contributed by atoms with Crippen LogP contribution in [0, 0.1) is 0 Å². The molecular weight excluding hydrogens is 244 g/mol. The Morgan fingerprint density at radius 1 is 1.20 bits per heavy atom. The van der Waals surface area contributed by atoms with E-state index in [4.69, 9.17) is 0 Å². The molecule has 1 saturated carbocycles. The zero-order valence-corrected chi connectivity index (χ0v) is 12.7. The summed E-state index contributed by atoms with van der Waals surface area (Å²) in [7, 11) is 0. The van der Waals surface area contributed by atoms with Crippen LogP contribution >= 0.6 is 0 Å². The Morgan fingerprint density at radius 3 is 2.65 bits per heavy atom. The van der Waals surface area contributed by atoms with Gasteiger partial charge in [-0.15, -0.1) is 0 Å². The van der Waals surface area contributed by atoms with Crippen molar-refractivity contribution >= 4 is 0 Å². The van der Waals surface area contributed by atoms with Crippen LogP contribution in [0.4, 0.5) is 0 Å². The Morgan fingerprint density at radius 2 is 2.00 bits per heavy atom. The van der Waals surface area contributed by atoms with Gasteiger partial charge in [-0.3, -0.25) is 4.90 Å². The third-order valence-electron chi connectivity index (χ3n) is 4.90. The lowest BCUT2D eigenvalue weighted by atomic mass is 9.97. The van der Waals surface area contributed by atoms with Crippen molar-refractivity contribution in [2.75, 3.05) is 19.6 Å². The molecule has 1 heterocycles. The predicted octanol–water partition coefficient (Wildman–Crippen LogP) is 3.40. The summed E-state index contributed by atoms with van der Waals surface area (Å²) in [5, 5.41) is 3.65. The quantitative estimate of drug-likeness (QED) is 0.818. The van der Waals surface area contributed by atoms with Crippen molar-refractivity contribution in [2.24, 2.45) is 0 Å². The van der Waals surface area contributed by atoms with Crippen LogP contribution in [0.25, 0.3) is 0 Å². The van der Waals surface area contributed by atoms with E-state index in [9.17, 15) is 0 Å². The van der Waals surface area contributed by atoms with Crippen LogP contribution in [0.1, 0.15) is 50.5 Å². The van der Waals surface area contributed by atoms with Gasteiger partial charge in [0.15, 0.2) is 0 Å². The molecular formula is C18H28N2. The summed E-state index contributed by atoms with van der Waals surface area (Å²) in [4.78, 5) is 2.75. The number of hydrogen-bond donors (Lipinski definition) is 1. The maximum absolute atomic E-state index is 3.65. The van der Waals surface area contributed by atoms with E-state index in [-0.39, 0.29) is 0 Å². The van der Waals surface area contributed by atoms with Gasteiger partial charge in [-0.2, -0.15) is 0 Å². The smallest absolute Gasteiger partial charge is 0.0195 e. The molecule has 0 aromatic heterocycles. The molecule has 20 heavy (non-hydrogen) atoms. The van der Waals surface area contributed by atoms with E-state index < -0.39 is 0 Å². The number of benzene rings is 1. The molecule has 0 radical (unpaired) electrons. The fraction of sp³-hybridized carbons (Fsp3) is 0.667. The third kappa shape index (κ3) is 3.83. The van der Waals surface area contributed by atoms with Crippen LogP contribution in [0.3, 0.4) is 0 Å². The summed E-state index contributed by atoms with van der Waals surface area (Å²) in [5.74, 6) is 0.675. The maximum Gasteiger partial charge on any atom is 0.0195 e. The number of hydrogen-bond acceptors (Lipinski definition) is 2. The van der Waals surface area contributed by atoms with Crippen molar-refractivity contribution in [1.29, 1.82) is 0 Å². The summed E-state index contributed by atoms with van der Waals surface area (Å²) in [6, 6.07) is 12.6. The van der Waals surface area contributed by atoms with Gasteiger partial charge >= 0.3 is 0 Å². The second kappa shape index (κ2) is 6.73. The van der Waals surface area contributed by atoms with Gasteiger partial charge < -0.3 is 5.32 Å². The molecule has 110 valence electrons. The minimum Gasteiger partial charge on any atom is -0.313 e. The summed E-state index contributed by atoms with van der Waals surface area (Å²) < 4.78 is 0. The van der Waals surface area contributed by atoms with E-state index in [0.717, 1.165) is 12.1 Å². The Labute approximate surface area is 123 Å². The first kappa shape index (κ1) is 14.1. The molecule has 1 saturated heterocycles. The van der Waals surface area contributed by atoms with E-state index in [1.807, 2.05) is 0 Å². The number of nitrogens with zero attached hydrogens (tertiary/aromatic N) is 1. The lowest BCUT2D eigenvalue weighted by Gasteiger charge is -2.27. The molecule has 2 unspecified atom stereocenters. The molecule has 0 bridgehead atoms. The second-order valence-corrected chi connectivity index (χ2v) is 6.62. The molecule has 1 aromatic carbocycles. The summed E-state index contributed by atoms with van der Waals surface area (Å²) >= 11 is 0. The molecule has 1 aliphatic heterocycles. The largest absolute Gasteiger partial charge is 0.313 e.